The molecule has 0 atom stereocenters. The number of nitrogens with one attached hydrogen (secondary N) is 1. The second kappa shape index (κ2) is 8.27. The molecule has 1 N–H and O–H groups in total. The van der Waals surface area contributed by atoms with Crippen LogP contribution in [-0.4, -0.2) is 39.8 Å². The van der Waals surface area contributed by atoms with Crippen molar-refractivity contribution >= 4 is 33.2 Å². The van der Waals surface area contributed by atoms with Crippen LogP contribution in [0.25, 0.3) is 0 Å². The number of anilines is 1. The molecule has 0 aromatic heterocycles. The number of sulfone groups is 1. The molecule has 0 saturated heterocycles. The Kier molecular flexibility index (Phi) is 5.50. The van der Waals surface area contributed by atoms with Gasteiger partial charge in [-0.3, -0.25) is 9.59 Å². The molecule has 1 aliphatic rings. The van der Waals surface area contributed by atoms with Crippen molar-refractivity contribution < 1.29 is 32.3 Å². The zero-order valence-corrected chi connectivity index (χ0v) is 17.6. The summed E-state index contributed by atoms with van der Waals surface area (Å²) in [4.78, 5) is 36.8. The maximum Gasteiger partial charge on any atom is 0.338 e. The van der Waals surface area contributed by atoms with E-state index in [1.54, 1.807) is 30.3 Å². The highest BCUT2D eigenvalue weighted by Gasteiger charge is 2.35. The molecular weight excluding hydrogens is 434 g/mol. The number of methoxy groups -OCH3 is 1. The molecule has 4 rings (SSSR count). The molecule has 3 aromatic carbocycles. The quantitative estimate of drug-likeness (QED) is 0.464. The molecule has 1 amide bonds. The second-order valence-electron chi connectivity index (χ2n) is 6.89. The third kappa shape index (κ3) is 3.85. The van der Waals surface area contributed by atoms with Gasteiger partial charge in [0.25, 0.3) is 5.91 Å². The Balaban J connectivity index is 1.49. The molecule has 9 heteroatoms. The van der Waals surface area contributed by atoms with Crippen molar-refractivity contribution in [3.8, 4) is 5.75 Å². The van der Waals surface area contributed by atoms with Crippen LogP contribution in [0.15, 0.2) is 76.5 Å². The van der Waals surface area contributed by atoms with Crippen molar-refractivity contribution in [2.45, 2.75) is 9.79 Å². The minimum atomic E-state index is -3.99. The Labute approximate surface area is 183 Å². The van der Waals surface area contributed by atoms with Crippen LogP contribution in [0.4, 0.5) is 5.69 Å². The van der Waals surface area contributed by atoms with Crippen molar-refractivity contribution in [1.29, 1.82) is 0 Å². The maximum absolute atomic E-state index is 13.0. The minimum absolute atomic E-state index is 0.0162. The van der Waals surface area contributed by atoms with Crippen molar-refractivity contribution in [3.63, 3.8) is 0 Å². The smallest absolute Gasteiger partial charge is 0.338 e. The van der Waals surface area contributed by atoms with Gasteiger partial charge in [0, 0.05) is 16.8 Å². The average Bonchev–Trinajstić information content (AvgIpc) is 2.81. The summed E-state index contributed by atoms with van der Waals surface area (Å²) >= 11 is 0. The largest absolute Gasteiger partial charge is 0.497 e. The van der Waals surface area contributed by atoms with Crippen molar-refractivity contribution in [1.82, 2.24) is 0 Å². The fourth-order valence-corrected chi connectivity index (χ4v) is 4.97. The lowest BCUT2D eigenvalue weighted by Crippen LogP contribution is -2.22. The fourth-order valence-electron chi connectivity index (χ4n) is 3.30. The SMILES string of the molecule is COc1ccc(NC(=O)COC(=O)c2ccc3c(c2)S(=O)(=O)c2ccccc2C3=O)cc1. The van der Waals surface area contributed by atoms with Crippen LogP contribution in [0, 0.1) is 0 Å². The number of carbonyl (C=O) groups excluding carboxylic acids is 3. The molecular formula is C23H17NO7S. The normalized spacial score (nSPS) is 13.5. The molecule has 0 aliphatic carbocycles. The number of ether oxygens (including phenoxy) is 2. The van der Waals surface area contributed by atoms with E-state index in [0.717, 1.165) is 6.07 Å². The van der Waals surface area contributed by atoms with Crippen LogP contribution in [0.5, 0.6) is 5.75 Å². The predicted molar refractivity (Wildman–Crippen MR) is 114 cm³/mol. The summed E-state index contributed by atoms with van der Waals surface area (Å²) in [6, 6.07) is 16.1. The molecule has 0 bridgehead atoms. The number of benzene rings is 3. The molecule has 0 fully saturated rings. The van der Waals surface area contributed by atoms with E-state index >= 15 is 0 Å². The molecule has 0 saturated carbocycles. The molecule has 8 nitrogen and oxygen atoms in total. The second-order valence-corrected chi connectivity index (χ2v) is 8.78. The zero-order chi connectivity index (χ0) is 22.9. The maximum atomic E-state index is 13.0. The summed E-state index contributed by atoms with van der Waals surface area (Å²) in [6.45, 7) is -0.573. The Morgan fingerprint density at radius 1 is 0.906 bits per heavy atom. The number of hydrogen-bond acceptors (Lipinski definition) is 7. The molecule has 162 valence electrons. The van der Waals surface area contributed by atoms with Gasteiger partial charge in [-0.25, -0.2) is 13.2 Å². The van der Waals surface area contributed by atoms with Gasteiger partial charge in [-0.2, -0.15) is 0 Å². The predicted octanol–water partition coefficient (Wildman–Crippen LogP) is 2.87. The van der Waals surface area contributed by atoms with E-state index in [9.17, 15) is 22.8 Å². The number of carbonyl (C=O) groups is 3. The highest BCUT2D eigenvalue weighted by molar-refractivity contribution is 7.91. The number of ketones is 1. The minimum Gasteiger partial charge on any atom is -0.497 e. The standard InChI is InChI=1S/C23H17NO7S/c1-30-16-9-7-15(8-10-16)24-21(25)13-31-23(27)14-6-11-18-20(12-14)32(28,29)19-5-3-2-4-17(19)22(18)26/h2-12H,13H2,1H3,(H,24,25). The van der Waals surface area contributed by atoms with E-state index in [1.807, 2.05) is 0 Å². The van der Waals surface area contributed by atoms with E-state index < -0.39 is 34.1 Å². The first-order valence-electron chi connectivity index (χ1n) is 9.45. The molecule has 1 heterocycles. The summed E-state index contributed by atoms with van der Waals surface area (Å²) in [5.74, 6) is -1.28. The molecule has 3 aromatic rings. The molecule has 0 radical (unpaired) electrons. The van der Waals surface area contributed by atoms with Crippen LogP contribution >= 0.6 is 0 Å². The van der Waals surface area contributed by atoms with Gasteiger partial charge in [-0.1, -0.05) is 12.1 Å². The lowest BCUT2D eigenvalue weighted by Gasteiger charge is -2.19. The van der Waals surface area contributed by atoms with Crippen LogP contribution in [0.3, 0.4) is 0 Å². The Morgan fingerprint density at radius 3 is 2.31 bits per heavy atom. The van der Waals surface area contributed by atoms with E-state index in [4.69, 9.17) is 9.47 Å². The van der Waals surface area contributed by atoms with Crippen molar-refractivity contribution in [2.24, 2.45) is 0 Å². The summed E-state index contributed by atoms with van der Waals surface area (Å²) in [6.07, 6.45) is 0. The van der Waals surface area contributed by atoms with Gasteiger partial charge in [0.2, 0.25) is 9.84 Å². The Morgan fingerprint density at radius 2 is 1.59 bits per heavy atom. The van der Waals surface area contributed by atoms with Gasteiger partial charge in [0.05, 0.1) is 22.5 Å². The van der Waals surface area contributed by atoms with Crippen LogP contribution < -0.4 is 10.1 Å². The van der Waals surface area contributed by atoms with E-state index in [0.29, 0.717) is 11.4 Å². The molecule has 1 aliphatic heterocycles. The summed E-state index contributed by atoms with van der Waals surface area (Å²) < 4.78 is 36.0. The number of esters is 1. The van der Waals surface area contributed by atoms with Gasteiger partial charge >= 0.3 is 5.97 Å². The summed E-state index contributed by atoms with van der Waals surface area (Å²) in [5.41, 5.74) is 0.476. The number of amides is 1. The first kappa shape index (κ1) is 21.3. The van der Waals surface area contributed by atoms with Gasteiger partial charge < -0.3 is 14.8 Å². The lowest BCUT2D eigenvalue weighted by atomic mass is 10.0. The first-order valence-corrected chi connectivity index (χ1v) is 10.9. The highest BCUT2D eigenvalue weighted by atomic mass is 32.2. The third-order valence-electron chi connectivity index (χ3n) is 4.88. The Hall–Kier alpha value is -3.98. The number of rotatable bonds is 5. The van der Waals surface area contributed by atoms with Crippen molar-refractivity contribution in [2.75, 3.05) is 19.0 Å². The lowest BCUT2D eigenvalue weighted by molar-refractivity contribution is -0.119. The topological polar surface area (TPSA) is 116 Å². The molecule has 0 unspecified atom stereocenters. The van der Waals surface area contributed by atoms with Gasteiger partial charge in [-0.05, 0) is 54.6 Å². The molecule has 32 heavy (non-hydrogen) atoms. The first-order chi connectivity index (χ1) is 15.3. The van der Waals surface area contributed by atoms with E-state index in [1.165, 1.54) is 37.4 Å². The fraction of sp³-hybridized carbons (Fsp3) is 0.0870. The third-order valence-corrected chi connectivity index (χ3v) is 6.73. The van der Waals surface area contributed by atoms with E-state index in [2.05, 4.69) is 5.32 Å². The number of hydrogen-bond donors (Lipinski definition) is 1. The van der Waals surface area contributed by atoms with E-state index in [-0.39, 0.29) is 26.5 Å². The van der Waals surface area contributed by atoms with Crippen molar-refractivity contribution in [3.05, 3.63) is 83.4 Å². The van der Waals surface area contributed by atoms with Gasteiger partial charge in [0.1, 0.15) is 5.75 Å². The zero-order valence-electron chi connectivity index (χ0n) is 16.8. The van der Waals surface area contributed by atoms with Crippen LogP contribution in [0.1, 0.15) is 26.3 Å². The average molecular weight is 451 g/mol. The van der Waals surface area contributed by atoms with Crippen LogP contribution in [-0.2, 0) is 19.4 Å². The summed E-state index contributed by atoms with van der Waals surface area (Å²) in [5, 5.41) is 2.57. The van der Waals surface area contributed by atoms with Crippen LogP contribution in [0.2, 0.25) is 0 Å². The monoisotopic (exact) mass is 451 g/mol. The highest BCUT2D eigenvalue weighted by Crippen LogP contribution is 2.34. The summed E-state index contributed by atoms with van der Waals surface area (Å²) in [7, 11) is -2.46. The Bertz CT molecular complexity index is 1350. The molecule has 0 spiro atoms. The number of fused-ring (bicyclic) bond motifs is 2. The van der Waals surface area contributed by atoms with Gasteiger partial charge in [0.15, 0.2) is 12.4 Å². The van der Waals surface area contributed by atoms with Gasteiger partial charge in [-0.15, -0.1) is 0 Å².